The molecule has 0 bridgehead atoms. The lowest BCUT2D eigenvalue weighted by Gasteiger charge is -2.36. The number of rotatable bonds is 5. The summed E-state index contributed by atoms with van der Waals surface area (Å²) in [6, 6.07) is 20.2. The summed E-state index contributed by atoms with van der Waals surface area (Å²) in [5.74, 6) is 0.934. The minimum atomic E-state index is 0. The summed E-state index contributed by atoms with van der Waals surface area (Å²) in [6.07, 6.45) is 4.42. The summed E-state index contributed by atoms with van der Waals surface area (Å²) >= 11 is 0. The molecule has 0 radical (unpaired) electrons. The van der Waals surface area contributed by atoms with E-state index in [0.717, 1.165) is 44.2 Å². The number of guanidine groups is 1. The van der Waals surface area contributed by atoms with E-state index in [4.69, 9.17) is 5.26 Å². The van der Waals surface area contributed by atoms with Crippen molar-refractivity contribution in [3.8, 4) is 6.07 Å². The van der Waals surface area contributed by atoms with Crippen LogP contribution in [-0.2, 0) is 6.54 Å². The van der Waals surface area contributed by atoms with Crippen molar-refractivity contribution in [2.24, 2.45) is 4.99 Å². The summed E-state index contributed by atoms with van der Waals surface area (Å²) in [4.78, 5) is 9.20. The maximum Gasteiger partial charge on any atom is 0.194 e. The molecule has 1 N–H and O–H groups in total. The second-order valence-corrected chi connectivity index (χ2v) is 6.81. The smallest absolute Gasteiger partial charge is 0.194 e. The van der Waals surface area contributed by atoms with Gasteiger partial charge in [0.15, 0.2) is 5.96 Å². The van der Waals surface area contributed by atoms with Crippen LogP contribution in [-0.4, -0.2) is 55.5 Å². The number of piperazine rings is 1. The molecule has 0 atom stereocenters. The lowest BCUT2D eigenvalue weighted by Crippen LogP contribution is -2.52. The number of halogens is 1. The van der Waals surface area contributed by atoms with Crippen LogP contribution in [0.3, 0.4) is 0 Å². The average molecular weight is 501 g/mol. The third-order valence-electron chi connectivity index (χ3n) is 4.89. The Labute approximate surface area is 190 Å². The molecule has 0 aliphatic carbocycles. The molecule has 152 valence electrons. The quantitative estimate of drug-likeness (QED) is 0.387. The largest absolute Gasteiger partial charge is 0.352 e. The van der Waals surface area contributed by atoms with Crippen LogP contribution in [0.4, 0.5) is 0 Å². The zero-order valence-corrected chi connectivity index (χ0v) is 19.1. The van der Waals surface area contributed by atoms with Gasteiger partial charge in [-0.2, -0.15) is 5.26 Å². The monoisotopic (exact) mass is 501 g/mol. The van der Waals surface area contributed by atoms with Gasteiger partial charge in [0.05, 0.1) is 11.6 Å². The van der Waals surface area contributed by atoms with Crippen molar-refractivity contribution in [2.45, 2.75) is 6.54 Å². The van der Waals surface area contributed by atoms with Crippen molar-refractivity contribution in [1.29, 1.82) is 5.26 Å². The van der Waals surface area contributed by atoms with Crippen molar-refractivity contribution in [2.75, 3.05) is 39.8 Å². The van der Waals surface area contributed by atoms with Crippen LogP contribution in [0.5, 0.6) is 0 Å². The lowest BCUT2D eigenvalue weighted by molar-refractivity contribution is 0.194. The predicted molar refractivity (Wildman–Crippen MR) is 130 cm³/mol. The molecule has 1 aliphatic heterocycles. The number of nitrogens with one attached hydrogen (secondary N) is 1. The van der Waals surface area contributed by atoms with E-state index in [1.165, 1.54) is 5.56 Å². The molecule has 0 amide bonds. The highest BCUT2D eigenvalue weighted by Gasteiger charge is 2.18. The predicted octanol–water partition coefficient (Wildman–Crippen LogP) is 3.58. The third-order valence-corrected chi connectivity index (χ3v) is 4.89. The number of nitriles is 1. The second-order valence-electron chi connectivity index (χ2n) is 6.81. The Bertz CT molecular complexity index is 832. The standard InChI is InChI=1S/C23H27N5.HI/c1-25-23(26-19-22-11-9-21(18-24)10-12-22)28-16-14-27(15-17-28)13-5-8-20-6-3-2-4-7-20;/h2-12H,13-17,19H2,1H3,(H,25,26);1H/b8-5+;. The molecular weight excluding hydrogens is 473 g/mol. The topological polar surface area (TPSA) is 54.7 Å². The van der Waals surface area contributed by atoms with Gasteiger partial charge in [-0.1, -0.05) is 54.6 Å². The lowest BCUT2D eigenvalue weighted by atomic mass is 10.1. The van der Waals surface area contributed by atoms with E-state index in [1.54, 1.807) is 0 Å². The van der Waals surface area contributed by atoms with Crippen LogP contribution < -0.4 is 5.32 Å². The van der Waals surface area contributed by atoms with Crippen LogP contribution >= 0.6 is 24.0 Å². The molecule has 29 heavy (non-hydrogen) atoms. The molecular formula is C23H28IN5. The summed E-state index contributed by atoms with van der Waals surface area (Å²) in [5, 5.41) is 12.3. The third kappa shape index (κ3) is 7.18. The molecule has 2 aromatic rings. The number of benzene rings is 2. The number of hydrogen-bond acceptors (Lipinski definition) is 3. The fourth-order valence-corrected chi connectivity index (χ4v) is 3.25. The van der Waals surface area contributed by atoms with Gasteiger partial charge < -0.3 is 10.2 Å². The van der Waals surface area contributed by atoms with Gasteiger partial charge in [-0.15, -0.1) is 24.0 Å². The molecule has 1 aliphatic rings. The Morgan fingerprint density at radius 3 is 2.38 bits per heavy atom. The molecule has 0 spiro atoms. The molecule has 3 rings (SSSR count). The highest BCUT2D eigenvalue weighted by Crippen LogP contribution is 2.06. The SMILES string of the molecule is CN=C(NCc1ccc(C#N)cc1)N1CCN(C/C=C/c2ccccc2)CC1.I. The van der Waals surface area contributed by atoms with E-state index in [2.05, 4.69) is 62.6 Å². The van der Waals surface area contributed by atoms with E-state index in [0.29, 0.717) is 12.1 Å². The Morgan fingerprint density at radius 2 is 1.76 bits per heavy atom. The Hall–Kier alpha value is -2.37. The van der Waals surface area contributed by atoms with Gasteiger partial charge in [0.25, 0.3) is 0 Å². The van der Waals surface area contributed by atoms with E-state index in [-0.39, 0.29) is 24.0 Å². The van der Waals surface area contributed by atoms with Crippen LogP contribution in [0, 0.1) is 11.3 Å². The zero-order chi connectivity index (χ0) is 19.6. The van der Waals surface area contributed by atoms with Gasteiger partial charge in [-0.25, -0.2) is 0 Å². The van der Waals surface area contributed by atoms with Crippen molar-refractivity contribution < 1.29 is 0 Å². The summed E-state index contributed by atoms with van der Waals surface area (Å²) in [7, 11) is 1.83. The minimum Gasteiger partial charge on any atom is -0.352 e. The van der Waals surface area contributed by atoms with Crippen LogP contribution in [0.15, 0.2) is 65.7 Å². The van der Waals surface area contributed by atoms with E-state index in [1.807, 2.05) is 37.4 Å². The first kappa shape index (κ1) is 22.9. The average Bonchev–Trinajstić information content (AvgIpc) is 2.76. The first-order valence-corrected chi connectivity index (χ1v) is 9.67. The van der Waals surface area contributed by atoms with Gasteiger partial charge in [-0.05, 0) is 23.3 Å². The molecule has 1 saturated heterocycles. The fourth-order valence-electron chi connectivity index (χ4n) is 3.25. The van der Waals surface area contributed by atoms with Crippen molar-refractivity contribution in [3.63, 3.8) is 0 Å². The normalized spacial score (nSPS) is 15.0. The Morgan fingerprint density at radius 1 is 1.07 bits per heavy atom. The Balaban J connectivity index is 0.00000300. The number of nitrogens with zero attached hydrogens (tertiary/aromatic N) is 4. The molecule has 1 fully saturated rings. The van der Waals surface area contributed by atoms with Crippen LogP contribution in [0.25, 0.3) is 6.08 Å². The van der Waals surface area contributed by atoms with Crippen LogP contribution in [0.1, 0.15) is 16.7 Å². The van der Waals surface area contributed by atoms with E-state index < -0.39 is 0 Å². The van der Waals surface area contributed by atoms with Gasteiger partial charge >= 0.3 is 0 Å². The number of hydrogen-bond donors (Lipinski definition) is 1. The molecule has 2 aromatic carbocycles. The fraction of sp³-hybridized carbons (Fsp3) is 0.304. The van der Waals surface area contributed by atoms with Gasteiger partial charge in [0, 0.05) is 46.3 Å². The van der Waals surface area contributed by atoms with Crippen LogP contribution in [0.2, 0.25) is 0 Å². The molecule has 6 heteroatoms. The maximum absolute atomic E-state index is 8.89. The molecule has 0 aromatic heterocycles. The number of aliphatic imine (C=N–C) groups is 1. The highest BCUT2D eigenvalue weighted by atomic mass is 127. The van der Waals surface area contributed by atoms with E-state index in [9.17, 15) is 0 Å². The maximum atomic E-state index is 8.89. The molecule has 0 unspecified atom stereocenters. The first-order valence-electron chi connectivity index (χ1n) is 9.67. The molecule has 5 nitrogen and oxygen atoms in total. The highest BCUT2D eigenvalue weighted by molar-refractivity contribution is 14.0. The van der Waals surface area contributed by atoms with Gasteiger partial charge in [0.1, 0.15) is 0 Å². The molecule has 0 saturated carbocycles. The van der Waals surface area contributed by atoms with E-state index >= 15 is 0 Å². The van der Waals surface area contributed by atoms with Crippen molar-refractivity contribution in [3.05, 3.63) is 77.4 Å². The van der Waals surface area contributed by atoms with Crippen molar-refractivity contribution in [1.82, 2.24) is 15.1 Å². The summed E-state index contributed by atoms with van der Waals surface area (Å²) in [6.45, 7) is 5.66. The zero-order valence-electron chi connectivity index (χ0n) is 16.8. The van der Waals surface area contributed by atoms with Crippen molar-refractivity contribution >= 4 is 36.0 Å². The van der Waals surface area contributed by atoms with Gasteiger partial charge in [0.2, 0.25) is 0 Å². The second kappa shape index (κ2) is 12.2. The van der Waals surface area contributed by atoms with Gasteiger partial charge in [-0.3, -0.25) is 9.89 Å². The molecule has 1 heterocycles. The summed E-state index contributed by atoms with van der Waals surface area (Å²) < 4.78 is 0. The summed E-state index contributed by atoms with van der Waals surface area (Å²) in [5.41, 5.74) is 3.07. The Kier molecular flexibility index (Phi) is 9.68. The first-order chi connectivity index (χ1) is 13.8. The minimum absolute atomic E-state index is 0.